The first-order valence-electron chi connectivity index (χ1n) is 9.50. The molecular weight excluding hydrogens is 452 g/mol. The van der Waals surface area contributed by atoms with Crippen molar-refractivity contribution >= 4 is 44.9 Å². The molecule has 0 fully saturated rings. The van der Waals surface area contributed by atoms with Crippen LogP contribution < -0.4 is 10.0 Å². The molecule has 0 radical (unpaired) electrons. The normalized spacial score (nSPS) is 11.0. The third-order valence-electron chi connectivity index (χ3n) is 4.78. The summed E-state index contributed by atoms with van der Waals surface area (Å²) in [5, 5.41) is 2.88. The Kier molecular flexibility index (Phi) is 6.86. The second kappa shape index (κ2) is 9.42. The highest BCUT2D eigenvalue weighted by atomic mass is 35.5. The first-order chi connectivity index (χ1) is 15.1. The number of amides is 1. The lowest BCUT2D eigenvalue weighted by Gasteiger charge is -2.14. The molecule has 7 nitrogen and oxygen atoms in total. The molecule has 9 heteroatoms. The molecule has 0 atom stereocenters. The number of carbonyl (C=O) groups is 2. The van der Waals surface area contributed by atoms with Gasteiger partial charge < -0.3 is 10.1 Å². The maximum absolute atomic E-state index is 12.9. The van der Waals surface area contributed by atoms with Crippen LogP contribution in [-0.4, -0.2) is 27.4 Å². The number of hydrogen-bond acceptors (Lipinski definition) is 5. The van der Waals surface area contributed by atoms with Gasteiger partial charge in [0.15, 0.2) is 0 Å². The summed E-state index contributed by atoms with van der Waals surface area (Å²) < 4.78 is 32.7. The second-order valence-electron chi connectivity index (χ2n) is 7.04. The van der Waals surface area contributed by atoms with Crippen molar-refractivity contribution in [2.24, 2.45) is 0 Å². The molecule has 2 N–H and O–H groups in total. The number of aryl methyl sites for hydroxylation is 1. The summed E-state index contributed by atoms with van der Waals surface area (Å²) in [5.41, 5.74) is 2.39. The van der Waals surface area contributed by atoms with Gasteiger partial charge in [-0.2, -0.15) is 0 Å². The maximum atomic E-state index is 12.9. The van der Waals surface area contributed by atoms with Gasteiger partial charge in [-0.3, -0.25) is 9.52 Å². The van der Waals surface area contributed by atoms with E-state index in [0.29, 0.717) is 11.3 Å². The number of halogens is 1. The second-order valence-corrected chi connectivity index (χ2v) is 9.13. The molecule has 0 aromatic heterocycles. The molecule has 0 aliphatic rings. The zero-order valence-electron chi connectivity index (χ0n) is 17.6. The van der Waals surface area contributed by atoms with Crippen LogP contribution in [-0.2, 0) is 14.8 Å². The summed E-state index contributed by atoms with van der Waals surface area (Å²) in [6.45, 7) is 3.51. The van der Waals surface area contributed by atoms with E-state index in [2.05, 4.69) is 14.8 Å². The Bertz CT molecular complexity index is 1290. The summed E-state index contributed by atoms with van der Waals surface area (Å²) in [6.07, 6.45) is 0. The fourth-order valence-corrected chi connectivity index (χ4v) is 4.30. The van der Waals surface area contributed by atoms with Gasteiger partial charge in [0.05, 0.1) is 28.3 Å². The number of methoxy groups -OCH3 is 1. The smallest absolute Gasteiger partial charge is 0.339 e. The minimum absolute atomic E-state index is 0.114. The molecule has 166 valence electrons. The molecule has 0 aliphatic heterocycles. The van der Waals surface area contributed by atoms with Gasteiger partial charge in [0.2, 0.25) is 0 Å². The summed E-state index contributed by atoms with van der Waals surface area (Å²) in [5.74, 6) is -1.10. The van der Waals surface area contributed by atoms with Gasteiger partial charge in [-0.15, -0.1) is 0 Å². The largest absolute Gasteiger partial charge is 0.465 e. The Morgan fingerprint density at radius 3 is 2.28 bits per heavy atom. The van der Waals surface area contributed by atoms with E-state index in [1.807, 2.05) is 6.92 Å². The summed E-state index contributed by atoms with van der Waals surface area (Å²) in [6, 6.07) is 15.6. The summed E-state index contributed by atoms with van der Waals surface area (Å²) in [4.78, 5) is 24.8. The quantitative estimate of drug-likeness (QED) is 0.502. The van der Waals surface area contributed by atoms with Crippen LogP contribution in [0.5, 0.6) is 0 Å². The van der Waals surface area contributed by atoms with E-state index in [1.54, 1.807) is 43.3 Å². The molecule has 0 spiro atoms. The number of anilines is 2. The minimum Gasteiger partial charge on any atom is -0.465 e. The number of esters is 1. The number of nitrogens with one attached hydrogen (secondary N) is 2. The summed E-state index contributed by atoms with van der Waals surface area (Å²) >= 11 is 6.01. The highest BCUT2D eigenvalue weighted by molar-refractivity contribution is 7.92. The van der Waals surface area contributed by atoms with Crippen LogP contribution in [0.25, 0.3) is 0 Å². The van der Waals surface area contributed by atoms with Gasteiger partial charge in [-0.05, 0) is 61.9 Å². The monoisotopic (exact) mass is 472 g/mol. The number of hydrogen-bond donors (Lipinski definition) is 2. The third-order valence-corrected chi connectivity index (χ3v) is 6.49. The fraction of sp³-hybridized carbons (Fsp3) is 0.130. The average Bonchev–Trinajstić information content (AvgIpc) is 2.76. The number of sulfonamides is 1. The number of ether oxygens (including phenoxy) is 1. The lowest BCUT2D eigenvalue weighted by molar-refractivity contribution is 0.0600. The van der Waals surface area contributed by atoms with Crippen molar-refractivity contribution in [1.29, 1.82) is 0 Å². The SMILES string of the molecule is COC(=O)c1cc(NC(=O)c2cccc(NS(=O)(=O)c3ccc(C)cc3)c2C)ccc1Cl. The van der Waals surface area contributed by atoms with Crippen LogP contribution in [0, 0.1) is 13.8 Å². The molecule has 0 saturated carbocycles. The molecule has 0 unspecified atom stereocenters. The number of rotatable bonds is 6. The molecule has 3 aromatic carbocycles. The third kappa shape index (κ3) is 5.09. The van der Waals surface area contributed by atoms with Gasteiger partial charge in [0, 0.05) is 11.3 Å². The van der Waals surface area contributed by atoms with E-state index in [1.165, 1.54) is 31.4 Å². The van der Waals surface area contributed by atoms with Crippen LogP contribution in [0.2, 0.25) is 5.02 Å². The van der Waals surface area contributed by atoms with Crippen LogP contribution in [0.4, 0.5) is 11.4 Å². The lowest BCUT2D eigenvalue weighted by Crippen LogP contribution is -2.17. The topological polar surface area (TPSA) is 102 Å². The predicted molar refractivity (Wildman–Crippen MR) is 124 cm³/mol. The molecule has 0 aliphatic carbocycles. The molecule has 0 bridgehead atoms. The number of carbonyl (C=O) groups excluding carboxylic acids is 2. The van der Waals surface area contributed by atoms with Gasteiger partial charge >= 0.3 is 5.97 Å². The highest BCUT2D eigenvalue weighted by Crippen LogP contribution is 2.25. The molecule has 3 aromatic rings. The first-order valence-corrected chi connectivity index (χ1v) is 11.4. The van der Waals surface area contributed by atoms with Gasteiger partial charge in [-0.1, -0.05) is 35.4 Å². The molecular formula is C23H21ClN2O5S. The molecule has 0 heterocycles. The number of benzene rings is 3. The maximum Gasteiger partial charge on any atom is 0.339 e. The van der Waals surface area contributed by atoms with Gasteiger partial charge in [0.1, 0.15) is 0 Å². The summed E-state index contributed by atoms with van der Waals surface area (Å²) in [7, 11) is -2.59. The van der Waals surface area contributed by atoms with Gasteiger partial charge in [-0.25, -0.2) is 13.2 Å². The van der Waals surface area contributed by atoms with E-state index in [-0.39, 0.29) is 26.7 Å². The predicted octanol–water partition coefficient (Wildman–Crippen LogP) is 4.80. The lowest BCUT2D eigenvalue weighted by atomic mass is 10.1. The van der Waals surface area contributed by atoms with Crippen molar-refractivity contribution in [3.63, 3.8) is 0 Å². The standard InChI is InChI=1S/C23H21ClN2O5S/c1-14-7-10-17(11-8-14)32(29,30)26-21-6-4-5-18(15(21)2)22(27)25-16-9-12-20(24)19(13-16)23(28)31-3/h4-13,26H,1-3H3,(H,25,27). The van der Waals surface area contributed by atoms with Crippen LogP contribution in [0.1, 0.15) is 31.8 Å². The van der Waals surface area contributed by atoms with Crippen molar-refractivity contribution in [3.8, 4) is 0 Å². The average molecular weight is 473 g/mol. The van der Waals surface area contributed by atoms with E-state index >= 15 is 0 Å². The molecule has 1 amide bonds. The van der Waals surface area contributed by atoms with E-state index in [4.69, 9.17) is 11.6 Å². The van der Waals surface area contributed by atoms with Crippen molar-refractivity contribution in [2.75, 3.05) is 17.1 Å². The Balaban J connectivity index is 1.86. The van der Waals surface area contributed by atoms with Crippen LogP contribution >= 0.6 is 11.6 Å². The van der Waals surface area contributed by atoms with E-state index in [0.717, 1.165) is 5.56 Å². The molecule has 32 heavy (non-hydrogen) atoms. The van der Waals surface area contributed by atoms with Crippen LogP contribution in [0.15, 0.2) is 65.6 Å². The van der Waals surface area contributed by atoms with Crippen molar-refractivity contribution in [3.05, 3.63) is 87.9 Å². The van der Waals surface area contributed by atoms with Crippen LogP contribution in [0.3, 0.4) is 0 Å². The Hall–Kier alpha value is -3.36. The zero-order valence-corrected chi connectivity index (χ0v) is 19.2. The Morgan fingerprint density at radius 2 is 1.62 bits per heavy atom. The molecule has 0 saturated heterocycles. The van der Waals surface area contributed by atoms with Gasteiger partial charge in [0.25, 0.3) is 15.9 Å². The van der Waals surface area contributed by atoms with Crippen molar-refractivity contribution < 1.29 is 22.7 Å². The zero-order chi connectivity index (χ0) is 23.5. The molecule has 3 rings (SSSR count). The first kappa shape index (κ1) is 23.3. The van der Waals surface area contributed by atoms with E-state index < -0.39 is 21.9 Å². The van der Waals surface area contributed by atoms with Crippen molar-refractivity contribution in [2.45, 2.75) is 18.7 Å². The minimum atomic E-state index is -3.82. The highest BCUT2D eigenvalue weighted by Gasteiger charge is 2.19. The van der Waals surface area contributed by atoms with E-state index in [9.17, 15) is 18.0 Å². The Labute approximate surface area is 191 Å². The fourth-order valence-electron chi connectivity index (χ4n) is 2.98. The van der Waals surface area contributed by atoms with Crippen molar-refractivity contribution in [1.82, 2.24) is 0 Å². The Morgan fingerprint density at radius 1 is 0.938 bits per heavy atom.